The van der Waals surface area contributed by atoms with Crippen molar-refractivity contribution in [2.45, 2.75) is 6.92 Å². The fourth-order valence-corrected chi connectivity index (χ4v) is 1.61. The van der Waals surface area contributed by atoms with Crippen LogP contribution in [0.15, 0.2) is 30.3 Å². The number of benzene rings is 2. The number of rotatable bonds is 2. The molecule has 0 unspecified atom stereocenters. The highest BCUT2D eigenvalue weighted by atomic mass is 35.5. The summed E-state index contributed by atoms with van der Waals surface area (Å²) in [5.41, 5.74) is 6.03. The lowest BCUT2D eigenvalue weighted by atomic mass is 10.2. The van der Waals surface area contributed by atoms with Gasteiger partial charge in [0, 0.05) is 17.2 Å². The van der Waals surface area contributed by atoms with Gasteiger partial charge in [0.2, 0.25) is 0 Å². The first-order valence-electron chi connectivity index (χ1n) is 5.16. The van der Waals surface area contributed by atoms with Crippen LogP contribution in [0, 0.1) is 18.6 Å². The molecule has 2 aromatic carbocycles. The van der Waals surface area contributed by atoms with Crippen molar-refractivity contribution in [2.75, 3.05) is 5.73 Å². The predicted octanol–water partition coefficient (Wildman–Crippen LogP) is 4.30. The standard InChI is InChI=1S/C13H10ClF2NO/c1-7-2-3-8(14)4-11(7)18-12-6-9(15)5-10(16)13(12)17/h2-6H,17H2,1H3. The number of nitrogens with two attached hydrogens (primary N) is 1. The van der Waals surface area contributed by atoms with Crippen molar-refractivity contribution < 1.29 is 13.5 Å². The first-order valence-corrected chi connectivity index (χ1v) is 5.53. The Bertz CT molecular complexity index is 602. The molecular formula is C13H10ClF2NO. The van der Waals surface area contributed by atoms with E-state index in [1.165, 1.54) is 0 Å². The maximum absolute atomic E-state index is 13.3. The van der Waals surface area contributed by atoms with Gasteiger partial charge < -0.3 is 10.5 Å². The molecule has 0 saturated heterocycles. The van der Waals surface area contributed by atoms with Crippen LogP contribution in [0.2, 0.25) is 5.02 Å². The SMILES string of the molecule is Cc1ccc(Cl)cc1Oc1cc(F)cc(F)c1N. The van der Waals surface area contributed by atoms with Crippen LogP contribution in [0.4, 0.5) is 14.5 Å². The lowest BCUT2D eigenvalue weighted by Gasteiger charge is -2.11. The van der Waals surface area contributed by atoms with E-state index < -0.39 is 11.6 Å². The molecule has 0 fully saturated rings. The van der Waals surface area contributed by atoms with Gasteiger partial charge in [0.25, 0.3) is 0 Å². The Labute approximate surface area is 108 Å². The van der Waals surface area contributed by atoms with Gasteiger partial charge in [0.05, 0.1) is 0 Å². The fourth-order valence-electron chi connectivity index (χ4n) is 1.45. The summed E-state index contributed by atoms with van der Waals surface area (Å²) in [7, 11) is 0. The molecule has 0 radical (unpaired) electrons. The Balaban J connectivity index is 2.43. The van der Waals surface area contributed by atoms with Gasteiger partial charge in [0.1, 0.15) is 17.3 Å². The zero-order chi connectivity index (χ0) is 13.3. The smallest absolute Gasteiger partial charge is 0.156 e. The molecule has 0 saturated carbocycles. The highest BCUT2D eigenvalue weighted by Crippen LogP contribution is 2.33. The number of halogens is 3. The molecule has 5 heteroatoms. The minimum atomic E-state index is -0.857. The summed E-state index contributed by atoms with van der Waals surface area (Å²) >= 11 is 5.83. The van der Waals surface area contributed by atoms with Gasteiger partial charge in [-0.15, -0.1) is 0 Å². The average Bonchev–Trinajstić information content (AvgIpc) is 2.30. The third-order valence-corrected chi connectivity index (χ3v) is 2.66. The monoisotopic (exact) mass is 269 g/mol. The van der Waals surface area contributed by atoms with Crippen molar-refractivity contribution in [3.63, 3.8) is 0 Å². The van der Waals surface area contributed by atoms with Crippen molar-refractivity contribution in [1.82, 2.24) is 0 Å². The first kappa shape index (κ1) is 12.6. The van der Waals surface area contributed by atoms with Gasteiger partial charge in [-0.05, 0) is 24.6 Å². The van der Waals surface area contributed by atoms with E-state index in [1.807, 2.05) is 0 Å². The lowest BCUT2D eigenvalue weighted by Crippen LogP contribution is -1.98. The summed E-state index contributed by atoms with van der Waals surface area (Å²) in [6.45, 7) is 1.79. The summed E-state index contributed by atoms with van der Waals surface area (Å²) in [5, 5.41) is 0.464. The van der Waals surface area contributed by atoms with Gasteiger partial charge in [0.15, 0.2) is 11.6 Å². The first-order chi connectivity index (χ1) is 8.47. The molecule has 2 aromatic rings. The van der Waals surface area contributed by atoms with Gasteiger partial charge in [-0.3, -0.25) is 0 Å². The van der Waals surface area contributed by atoms with Crippen molar-refractivity contribution >= 4 is 17.3 Å². The maximum Gasteiger partial charge on any atom is 0.156 e. The van der Waals surface area contributed by atoms with E-state index in [-0.39, 0.29) is 11.4 Å². The second-order valence-electron chi connectivity index (χ2n) is 3.81. The summed E-state index contributed by atoms with van der Waals surface area (Å²) in [5.74, 6) is -1.28. The molecule has 94 valence electrons. The van der Waals surface area contributed by atoms with E-state index >= 15 is 0 Å². The molecule has 0 aliphatic carbocycles. The van der Waals surface area contributed by atoms with Crippen LogP contribution in [0.25, 0.3) is 0 Å². The summed E-state index contributed by atoms with van der Waals surface area (Å²) in [6, 6.07) is 6.72. The zero-order valence-corrected chi connectivity index (χ0v) is 10.3. The third kappa shape index (κ3) is 2.54. The Kier molecular flexibility index (Phi) is 3.39. The highest BCUT2D eigenvalue weighted by Gasteiger charge is 2.11. The topological polar surface area (TPSA) is 35.2 Å². The number of hydrogen-bond acceptors (Lipinski definition) is 2. The molecule has 0 aliphatic heterocycles. The largest absolute Gasteiger partial charge is 0.455 e. The minimum absolute atomic E-state index is 0.0714. The van der Waals surface area contributed by atoms with Crippen molar-refractivity contribution in [2.24, 2.45) is 0 Å². The fraction of sp³-hybridized carbons (Fsp3) is 0.0769. The molecule has 2 N–H and O–H groups in total. The molecule has 0 bridgehead atoms. The van der Waals surface area contributed by atoms with Gasteiger partial charge in [-0.1, -0.05) is 17.7 Å². The van der Waals surface area contributed by atoms with E-state index in [1.54, 1.807) is 25.1 Å². The molecule has 2 rings (SSSR count). The van der Waals surface area contributed by atoms with Gasteiger partial charge >= 0.3 is 0 Å². The molecule has 0 amide bonds. The van der Waals surface area contributed by atoms with Crippen LogP contribution in [0.3, 0.4) is 0 Å². The van der Waals surface area contributed by atoms with E-state index in [4.69, 9.17) is 22.1 Å². The summed E-state index contributed by atoms with van der Waals surface area (Å²) in [6.07, 6.45) is 0. The number of ether oxygens (including phenoxy) is 1. The molecule has 2 nitrogen and oxygen atoms in total. The molecule has 0 heterocycles. The maximum atomic E-state index is 13.3. The Morgan fingerprint density at radius 2 is 1.83 bits per heavy atom. The molecule has 0 atom stereocenters. The number of hydrogen-bond donors (Lipinski definition) is 1. The van der Waals surface area contributed by atoms with Crippen LogP contribution < -0.4 is 10.5 Å². The third-order valence-electron chi connectivity index (χ3n) is 2.43. The van der Waals surface area contributed by atoms with E-state index in [0.717, 1.165) is 11.6 Å². The van der Waals surface area contributed by atoms with E-state index in [0.29, 0.717) is 16.8 Å². The van der Waals surface area contributed by atoms with Crippen molar-refractivity contribution in [3.8, 4) is 11.5 Å². The number of anilines is 1. The van der Waals surface area contributed by atoms with Crippen LogP contribution in [-0.2, 0) is 0 Å². The van der Waals surface area contributed by atoms with Crippen LogP contribution >= 0.6 is 11.6 Å². The zero-order valence-electron chi connectivity index (χ0n) is 9.51. The molecule has 18 heavy (non-hydrogen) atoms. The van der Waals surface area contributed by atoms with Crippen LogP contribution in [0.5, 0.6) is 11.5 Å². The minimum Gasteiger partial charge on any atom is -0.455 e. The van der Waals surface area contributed by atoms with Gasteiger partial charge in [-0.2, -0.15) is 0 Å². The van der Waals surface area contributed by atoms with Crippen molar-refractivity contribution in [3.05, 3.63) is 52.6 Å². The second kappa shape index (κ2) is 4.82. The van der Waals surface area contributed by atoms with E-state index in [2.05, 4.69) is 0 Å². The second-order valence-corrected chi connectivity index (χ2v) is 4.25. The van der Waals surface area contributed by atoms with Crippen LogP contribution in [0.1, 0.15) is 5.56 Å². The Hall–Kier alpha value is -1.81. The highest BCUT2D eigenvalue weighted by molar-refractivity contribution is 6.30. The molecular weight excluding hydrogens is 260 g/mol. The Morgan fingerprint density at radius 1 is 1.11 bits per heavy atom. The Morgan fingerprint density at radius 3 is 2.56 bits per heavy atom. The average molecular weight is 270 g/mol. The predicted molar refractivity (Wildman–Crippen MR) is 67.0 cm³/mol. The normalized spacial score (nSPS) is 10.4. The quantitative estimate of drug-likeness (QED) is 0.825. The molecule has 0 aromatic heterocycles. The van der Waals surface area contributed by atoms with Crippen molar-refractivity contribution in [1.29, 1.82) is 0 Å². The summed E-state index contributed by atoms with van der Waals surface area (Å²) < 4.78 is 31.7. The van der Waals surface area contributed by atoms with Crippen LogP contribution in [-0.4, -0.2) is 0 Å². The lowest BCUT2D eigenvalue weighted by molar-refractivity contribution is 0.469. The van der Waals surface area contributed by atoms with E-state index in [9.17, 15) is 8.78 Å². The van der Waals surface area contributed by atoms with Gasteiger partial charge in [-0.25, -0.2) is 8.78 Å². The number of aryl methyl sites for hydroxylation is 1. The summed E-state index contributed by atoms with van der Waals surface area (Å²) in [4.78, 5) is 0. The number of nitrogen functional groups attached to an aromatic ring is 1. The molecule has 0 aliphatic rings. The molecule has 0 spiro atoms.